The number of carbonyl (C=O) groups is 2. The number of likely N-dealkylation sites (tertiary alicyclic amines) is 1. The number of aliphatic hydroxyl groups is 1. The van der Waals surface area contributed by atoms with Crippen molar-refractivity contribution < 1.29 is 37.3 Å². The molecule has 3 heterocycles. The number of aliphatic hydroxyl groups excluding tert-OH is 1. The molecule has 4 aromatic rings. The van der Waals surface area contributed by atoms with Gasteiger partial charge in [0.25, 0.3) is 0 Å². The smallest absolute Gasteiger partial charge is 0.392 e. The van der Waals surface area contributed by atoms with E-state index in [-0.39, 0.29) is 37.7 Å². The number of nitrogens with one attached hydrogen (secondary N) is 1. The molecule has 6 rings (SSSR count). The highest BCUT2D eigenvalue weighted by atomic mass is 32.2. The number of nitrogens with zero attached hydrogens (tertiary/aromatic N) is 5. The van der Waals surface area contributed by atoms with Crippen LogP contribution in [0.2, 0.25) is 0 Å². The second kappa shape index (κ2) is 14.4. The summed E-state index contributed by atoms with van der Waals surface area (Å²) >= 11 is 1.45. The van der Waals surface area contributed by atoms with Crippen molar-refractivity contribution in [1.29, 1.82) is 0 Å². The minimum absolute atomic E-state index is 0.0806. The molecule has 2 fully saturated rings. The summed E-state index contributed by atoms with van der Waals surface area (Å²) < 4.78 is 53.8. The third-order valence-corrected chi connectivity index (χ3v) is 9.46. The molecule has 3 aromatic carbocycles. The predicted octanol–water partition coefficient (Wildman–Crippen LogP) is 5.23. The third-order valence-electron chi connectivity index (χ3n) is 8.45. The van der Waals surface area contributed by atoms with Gasteiger partial charge in [0.1, 0.15) is 6.04 Å². The highest BCUT2D eigenvalue weighted by Crippen LogP contribution is 2.43. The van der Waals surface area contributed by atoms with Gasteiger partial charge in [-0.1, -0.05) is 73.3 Å². The molecule has 0 radical (unpaired) electrons. The van der Waals surface area contributed by atoms with Crippen molar-refractivity contribution in [3.63, 3.8) is 0 Å². The number of benzene rings is 3. The summed E-state index contributed by atoms with van der Waals surface area (Å²) in [7, 11) is 0. The van der Waals surface area contributed by atoms with E-state index in [0.29, 0.717) is 33.5 Å². The van der Waals surface area contributed by atoms with E-state index in [1.54, 1.807) is 28.9 Å². The van der Waals surface area contributed by atoms with Crippen LogP contribution in [0.4, 0.5) is 18.9 Å². The third kappa shape index (κ3) is 7.38. The normalized spacial score (nSPS) is 22.9. The lowest BCUT2D eigenvalue weighted by Gasteiger charge is -2.41. The minimum Gasteiger partial charge on any atom is -0.392 e. The van der Waals surface area contributed by atoms with E-state index >= 15 is 0 Å². The number of thioether (sulfide) groups is 1. The molecule has 2 aliphatic heterocycles. The summed E-state index contributed by atoms with van der Waals surface area (Å²) in [5, 5.41) is 25.0. The molecule has 2 saturated heterocycles. The van der Waals surface area contributed by atoms with E-state index in [1.165, 1.54) is 11.8 Å². The monoisotopic (exact) mass is 682 g/mol. The summed E-state index contributed by atoms with van der Waals surface area (Å²) in [6.07, 6.45) is -6.07. The Labute approximate surface area is 278 Å². The van der Waals surface area contributed by atoms with Crippen molar-refractivity contribution in [2.45, 2.75) is 62.2 Å². The highest BCUT2D eigenvalue weighted by Gasteiger charge is 2.47. The van der Waals surface area contributed by atoms with Crippen molar-refractivity contribution >= 4 is 29.3 Å². The lowest BCUT2D eigenvalue weighted by atomic mass is 9.91. The molecule has 15 heteroatoms. The molecule has 2 aliphatic rings. The fourth-order valence-electron chi connectivity index (χ4n) is 5.86. The quantitative estimate of drug-likeness (QED) is 0.228. The molecule has 5 unspecified atom stereocenters. The van der Waals surface area contributed by atoms with Gasteiger partial charge < -0.3 is 24.8 Å². The van der Waals surface area contributed by atoms with Crippen LogP contribution >= 0.6 is 11.8 Å². The number of alkyl halides is 3. The highest BCUT2D eigenvalue weighted by molar-refractivity contribution is 7.99. The summed E-state index contributed by atoms with van der Waals surface area (Å²) in [4.78, 5) is 25.3. The number of hydrogen-bond donors (Lipinski definition) is 2. The van der Waals surface area contributed by atoms with Crippen LogP contribution in [0.5, 0.6) is 0 Å². The lowest BCUT2D eigenvalue weighted by molar-refractivity contribution is -0.268. The molecule has 0 spiro atoms. The molecule has 2 N–H and O–H groups in total. The Kier molecular flexibility index (Phi) is 10.1. The molecule has 1 aromatic heterocycles. The van der Waals surface area contributed by atoms with Crippen molar-refractivity contribution in [3.05, 3.63) is 95.6 Å². The Morgan fingerprint density at radius 3 is 2.40 bits per heavy atom. The molecule has 0 aliphatic carbocycles. The van der Waals surface area contributed by atoms with Crippen molar-refractivity contribution in [1.82, 2.24) is 25.1 Å². The average Bonchev–Trinajstić information content (AvgIpc) is 3.78. The van der Waals surface area contributed by atoms with Gasteiger partial charge in [-0.15, -0.1) is 5.10 Å². The van der Waals surface area contributed by atoms with Crippen LogP contribution < -0.4 is 5.32 Å². The van der Waals surface area contributed by atoms with E-state index < -0.39 is 30.3 Å². The number of anilines is 1. The van der Waals surface area contributed by atoms with Gasteiger partial charge in [-0.3, -0.25) is 9.59 Å². The van der Waals surface area contributed by atoms with E-state index in [2.05, 4.69) is 20.8 Å². The number of amides is 2. The number of aromatic nitrogens is 4. The number of ether oxygens (including phenoxy) is 2. The van der Waals surface area contributed by atoms with Crippen molar-refractivity contribution in [2.75, 3.05) is 17.6 Å². The van der Waals surface area contributed by atoms with E-state index in [9.17, 15) is 27.9 Å². The first-order valence-corrected chi connectivity index (χ1v) is 16.4. The van der Waals surface area contributed by atoms with Crippen LogP contribution in [-0.2, 0) is 25.7 Å². The van der Waals surface area contributed by atoms with Crippen LogP contribution in [0.15, 0.2) is 84.0 Å². The van der Waals surface area contributed by atoms with E-state index in [0.717, 1.165) is 16.8 Å². The van der Waals surface area contributed by atoms with Crippen LogP contribution in [0.25, 0.3) is 5.69 Å². The number of rotatable bonds is 9. The minimum atomic E-state index is -5.05. The first kappa shape index (κ1) is 33.6. The van der Waals surface area contributed by atoms with Gasteiger partial charge in [0.05, 0.1) is 24.5 Å². The fourth-order valence-corrected chi connectivity index (χ4v) is 6.91. The summed E-state index contributed by atoms with van der Waals surface area (Å²) in [5.74, 6) is -2.29. The Hall–Kier alpha value is -4.31. The maximum absolute atomic E-state index is 13.0. The van der Waals surface area contributed by atoms with Gasteiger partial charge in [0, 0.05) is 29.5 Å². The first-order chi connectivity index (χ1) is 23.1. The van der Waals surface area contributed by atoms with Gasteiger partial charge in [-0.25, -0.2) is 0 Å². The summed E-state index contributed by atoms with van der Waals surface area (Å²) in [5.41, 5.74) is 3.53. The summed E-state index contributed by atoms with van der Waals surface area (Å²) in [6.45, 7) is 1.83. The fraction of sp³-hybridized carbons (Fsp3) is 0.364. The van der Waals surface area contributed by atoms with Crippen LogP contribution in [-0.4, -0.2) is 72.6 Å². The van der Waals surface area contributed by atoms with Crippen LogP contribution in [0.1, 0.15) is 48.8 Å². The van der Waals surface area contributed by atoms with E-state index in [4.69, 9.17) is 9.47 Å². The molecule has 252 valence electrons. The number of halogens is 3. The van der Waals surface area contributed by atoms with E-state index in [1.807, 2.05) is 61.5 Å². The van der Waals surface area contributed by atoms with Gasteiger partial charge in [-0.2, -0.15) is 17.9 Å². The average molecular weight is 683 g/mol. The maximum Gasteiger partial charge on any atom is 0.471 e. The number of tetrazole rings is 1. The van der Waals surface area contributed by atoms with Gasteiger partial charge in [-0.05, 0) is 58.7 Å². The van der Waals surface area contributed by atoms with Crippen LogP contribution in [0, 0.1) is 5.92 Å². The SMILES string of the molecule is CC1C(CSc2nnnn2-c2ccccc2)OC(c2ccc(NC(=O)C3CCCN3C(=O)C(F)(F)F)cc2)OC1c1ccc(CO)cc1. The summed E-state index contributed by atoms with van der Waals surface area (Å²) in [6, 6.07) is 22.5. The molecule has 0 bridgehead atoms. The number of para-hydroxylation sites is 1. The zero-order chi connectivity index (χ0) is 33.8. The standard InChI is InChI=1S/C33H33F3N6O5S/c1-20-27(19-48-32-38-39-40-42(32)25-6-3-2-4-7-25)46-30(47-28(20)22-11-9-21(18-43)10-12-22)23-13-15-24(16-14-23)37-29(44)26-8-5-17-41(26)31(45)33(34,35)36/h2-4,6-7,9-16,20,26-28,30,43H,5,8,17-19H2,1H3,(H,37,44). The topological polar surface area (TPSA) is 132 Å². The maximum atomic E-state index is 13.0. The Morgan fingerprint density at radius 2 is 1.71 bits per heavy atom. The van der Waals surface area contributed by atoms with Gasteiger partial charge in [0.15, 0.2) is 6.29 Å². The Morgan fingerprint density at radius 1 is 1.00 bits per heavy atom. The predicted molar refractivity (Wildman–Crippen MR) is 169 cm³/mol. The van der Waals surface area contributed by atoms with Crippen LogP contribution in [0.3, 0.4) is 0 Å². The number of hydrogen-bond acceptors (Lipinski definition) is 9. The second-order valence-electron chi connectivity index (χ2n) is 11.6. The molecule has 11 nitrogen and oxygen atoms in total. The Bertz CT molecular complexity index is 1710. The molecule has 2 amide bonds. The zero-order valence-corrected chi connectivity index (χ0v) is 26.6. The molecule has 5 atom stereocenters. The second-order valence-corrected chi connectivity index (χ2v) is 12.6. The van der Waals surface area contributed by atoms with Gasteiger partial charge in [0.2, 0.25) is 11.1 Å². The first-order valence-electron chi connectivity index (χ1n) is 15.4. The van der Waals surface area contributed by atoms with Gasteiger partial charge >= 0.3 is 12.1 Å². The number of carbonyl (C=O) groups excluding carboxylic acids is 2. The molecule has 0 saturated carbocycles. The lowest BCUT2D eigenvalue weighted by Crippen LogP contribution is -2.48. The largest absolute Gasteiger partial charge is 0.471 e. The van der Waals surface area contributed by atoms with Crippen molar-refractivity contribution in [3.8, 4) is 5.69 Å². The Balaban J connectivity index is 1.18. The van der Waals surface area contributed by atoms with Crippen molar-refractivity contribution in [2.24, 2.45) is 5.92 Å². The molecular formula is C33H33F3N6O5S. The molecule has 48 heavy (non-hydrogen) atoms. The molecular weight excluding hydrogens is 649 g/mol. The zero-order valence-electron chi connectivity index (χ0n) is 25.8.